The van der Waals surface area contributed by atoms with E-state index in [9.17, 15) is 13.2 Å². The summed E-state index contributed by atoms with van der Waals surface area (Å²) in [4.78, 5) is 10.9. The smallest absolute Gasteiger partial charge is 0.221 e. The van der Waals surface area contributed by atoms with E-state index in [0.29, 0.717) is 13.0 Å². The molecular formula is C8H16N2O3S. The van der Waals surface area contributed by atoms with E-state index in [4.69, 9.17) is 0 Å². The van der Waals surface area contributed by atoms with Crippen molar-refractivity contribution in [3.05, 3.63) is 0 Å². The first-order valence-corrected chi connectivity index (χ1v) is 6.63. The fourth-order valence-electron chi connectivity index (χ4n) is 1.63. The van der Waals surface area contributed by atoms with Gasteiger partial charge in [0.15, 0.2) is 0 Å². The zero-order valence-electron chi connectivity index (χ0n) is 8.41. The second kappa shape index (κ2) is 4.27. The fraction of sp³-hybridized carbons (Fsp3) is 0.875. The van der Waals surface area contributed by atoms with E-state index < -0.39 is 9.84 Å². The van der Waals surface area contributed by atoms with Gasteiger partial charge in [0, 0.05) is 31.3 Å². The fourth-order valence-corrected chi connectivity index (χ4v) is 2.63. The number of sulfone groups is 1. The Bertz CT molecular complexity index is 313. The van der Waals surface area contributed by atoms with Crippen molar-refractivity contribution < 1.29 is 13.2 Å². The highest BCUT2D eigenvalue weighted by atomic mass is 32.2. The molecule has 0 aromatic rings. The van der Waals surface area contributed by atoms with E-state index in [1.807, 2.05) is 6.92 Å². The summed E-state index contributed by atoms with van der Waals surface area (Å²) in [7, 11) is -2.95. The van der Waals surface area contributed by atoms with Crippen LogP contribution in [0.5, 0.6) is 0 Å². The maximum Gasteiger partial charge on any atom is 0.221 e. The summed E-state index contributed by atoms with van der Waals surface area (Å²) in [6, 6.07) is -0.0399. The van der Waals surface area contributed by atoms with Crippen molar-refractivity contribution in [3.63, 3.8) is 0 Å². The van der Waals surface area contributed by atoms with Crippen molar-refractivity contribution in [2.24, 2.45) is 0 Å². The predicted octanol–water partition coefficient (Wildman–Crippen LogP) is -1.10. The van der Waals surface area contributed by atoms with Crippen LogP contribution in [0, 0.1) is 0 Å². The molecule has 2 N–H and O–H groups in total. The summed E-state index contributed by atoms with van der Waals surface area (Å²) in [5.41, 5.74) is 0. The number of hydrogen-bond donors (Lipinski definition) is 2. The van der Waals surface area contributed by atoms with Gasteiger partial charge in [0.25, 0.3) is 0 Å². The van der Waals surface area contributed by atoms with E-state index >= 15 is 0 Å². The summed E-state index contributed by atoms with van der Waals surface area (Å²) in [5.74, 6) is 0.131. The molecule has 1 fully saturated rings. The van der Waals surface area contributed by atoms with Crippen LogP contribution in [0.3, 0.4) is 0 Å². The molecule has 2 atom stereocenters. The molecule has 14 heavy (non-hydrogen) atoms. The third kappa shape index (κ3) is 4.06. The molecular weight excluding hydrogens is 204 g/mol. The second-order valence-corrected chi connectivity index (χ2v) is 6.05. The van der Waals surface area contributed by atoms with Crippen molar-refractivity contribution in [1.29, 1.82) is 0 Å². The van der Waals surface area contributed by atoms with Crippen LogP contribution < -0.4 is 10.6 Å². The van der Waals surface area contributed by atoms with Gasteiger partial charge in [-0.15, -0.1) is 0 Å². The summed E-state index contributed by atoms with van der Waals surface area (Å²) in [6.45, 7) is 2.40. The molecule has 0 aromatic heterocycles. The average molecular weight is 220 g/mol. The Labute approximate surface area is 84.2 Å². The molecule has 5 nitrogen and oxygen atoms in total. The van der Waals surface area contributed by atoms with Gasteiger partial charge in [-0.2, -0.15) is 0 Å². The zero-order chi connectivity index (χ0) is 10.8. The standard InChI is InChI=1S/C8H16N2O3S/c1-6(5-14(2,12)13)10-7-3-8(11)9-4-7/h6-7,10H,3-5H2,1-2H3,(H,9,11). The number of hydrogen-bond acceptors (Lipinski definition) is 4. The van der Waals surface area contributed by atoms with Gasteiger partial charge < -0.3 is 10.6 Å². The van der Waals surface area contributed by atoms with Crippen molar-refractivity contribution in [1.82, 2.24) is 10.6 Å². The van der Waals surface area contributed by atoms with Gasteiger partial charge in [-0.1, -0.05) is 0 Å². The van der Waals surface area contributed by atoms with Crippen molar-refractivity contribution in [2.45, 2.75) is 25.4 Å². The number of rotatable bonds is 4. The highest BCUT2D eigenvalue weighted by molar-refractivity contribution is 7.90. The molecule has 0 aromatic carbocycles. The molecule has 1 aliphatic rings. The quantitative estimate of drug-likeness (QED) is 0.630. The molecule has 6 heteroatoms. The first-order chi connectivity index (χ1) is 6.37. The Morgan fingerprint density at radius 1 is 1.64 bits per heavy atom. The van der Waals surface area contributed by atoms with Gasteiger partial charge >= 0.3 is 0 Å². The topological polar surface area (TPSA) is 75.3 Å². The summed E-state index contributed by atoms with van der Waals surface area (Å²) in [5, 5.41) is 5.79. The van der Waals surface area contributed by atoms with Crippen LogP contribution in [0.15, 0.2) is 0 Å². The molecule has 0 saturated carbocycles. The lowest BCUT2D eigenvalue weighted by atomic mass is 10.2. The number of amides is 1. The first kappa shape index (κ1) is 11.5. The van der Waals surface area contributed by atoms with Crippen LogP contribution in [0.1, 0.15) is 13.3 Å². The van der Waals surface area contributed by atoms with Crippen LogP contribution in [0.2, 0.25) is 0 Å². The molecule has 0 spiro atoms. The van der Waals surface area contributed by atoms with Gasteiger partial charge in [0.2, 0.25) is 5.91 Å². The number of carbonyl (C=O) groups is 1. The molecule has 0 aliphatic carbocycles. The molecule has 1 aliphatic heterocycles. The average Bonchev–Trinajstić information content (AvgIpc) is 2.30. The first-order valence-electron chi connectivity index (χ1n) is 4.57. The summed E-state index contributed by atoms with van der Waals surface area (Å²) >= 11 is 0. The maximum absolute atomic E-state index is 11.0. The van der Waals surface area contributed by atoms with Crippen LogP contribution in [0.25, 0.3) is 0 Å². The monoisotopic (exact) mass is 220 g/mol. The molecule has 82 valence electrons. The number of carbonyl (C=O) groups excluding carboxylic acids is 1. The Morgan fingerprint density at radius 3 is 2.71 bits per heavy atom. The molecule has 1 amide bonds. The van der Waals surface area contributed by atoms with Crippen molar-refractivity contribution in [3.8, 4) is 0 Å². The van der Waals surface area contributed by atoms with Crippen molar-refractivity contribution >= 4 is 15.7 Å². The number of nitrogens with one attached hydrogen (secondary N) is 2. The lowest BCUT2D eigenvalue weighted by Crippen LogP contribution is -2.41. The van der Waals surface area contributed by atoms with Crippen LogP contribution >= 0.6 is 0 Å². The molecule has 1 rings (SSSR count). The lowest BCUT2D eigenvalue weighted by Gasteiger charge is -2.16. The van der Waals surface area contributed by atoms with Gasteiger partial charge in [-0.05, 0) is 6.92 Å². The maximum atomic E-state index is 11.0. The van der Waals surface area contributed by atoms with Crippen LogP contribution in [0.4, 0.5) is 0 Å². The predicted molar refractivity (Wildman–Crippen MR) is 53.7 cm³/mol. The van der Waals surface area contributed by atoms with Gasteiger partial charge in [-0.3, -0.25) is 4.79 Å². The van der Waals surface area contributed by atoms with E-state index in [-0.39, 0.29) is 23.7 Å². The Hall–Kier alpha value is -0.620. The highest BCUT2D eigenvalue weighted by Crippen LogP contribution is 2.01. The SMILES string of the molecule is CC(CS(C)(=O)=O)NC1CNC(=O)C1. The minimum absolute atomic E-state index is 0.0223. The van der Waals surface area contributed by atoms with E-state index in [0.717, 1.165) is 0 Å². The second-order valence-electron chi connectivity index (χ2n) is 3.87. The molecule has 1 saturated heterocycles. The van der Waals surface area contributed by atoms with E-state index in [1.54, 1.807) is 0 Å². The minimum atomic E-state index is -2.95. The van der Waals surface area contributed by atoms with E-state index in [2.05, 4.69) is 10.6 Å². The lowest BCUT2D eigenvalue weighted by molar-refractivity contribution is -0.119. The third-order valence-electron chi connectivity index (χ3n) is 2.05. The molecule has 0 radical (unpaired) electrons. The summed E-state index contributed by atoms with van der Waals surface area (Å²) in [6.07, 6.45) is 1.65. The molecule has 2 unspecified atom stereocenters. The van der Waals surface area contributed by atoms with E-state index in [1.165, 1.54) is 6.26 Å². The Morgan fingerprint density at radius 2 is 2.29 bits per heavy atom. The third-order valence-corrected chi connectivity index (χ3v) is 3.16. The normalized spacial score (nSPS) is 24.7. The van der Waals surface area contributed by atoms with Crippen LogP contribution in [-0.2, 0) is 14.6 Å². The zero-order valence-corrected chi connectivity index (χ0v) is 9.23. The Kier molecular flexibility index (Phi) is 3.49. The molecule has 0 bridgehead atoms. The van der Waals surface area contributed by atoms with Crippen LogP contribution in [-0.4, -0.2) is 45.0 Å². The Balaban J connectivity index is 2.34. The van der Waals surface area contributed by atoms with Gasteiger partial charge in [-0.25, -0.2) is 8.42 Å². The minimum Gasteiger partial charge on any atom is -0.354 e. The molecule has 1 heterocycles. The highest BCUT2D eigenvalue weighted by Gasteiger charge is 2.23. The summed E-state index contributed by atoms with van der Waals surface area (Å²) < 4.78 is 21.9. The van der Waals surface area contributed by atoms with Gasteiger partial charge in [0.05, 0.1) is 5.75 Å². The van der Waals surface area contributed by atoms with Crippen molar-refractivity contribution in [2.75, 3.05) is 18.6 Å². The van der Waals surface area contributed by atoms with Gasteiger partial charge in [0.1, 0.15) is 9.84 Å². The largest absolute Gasteiger partial charge is 0.354 e.